The summed E-state index contributed by atoms with van der Waals surface area (Å²) in [5.74, 6) is 1.35. The predicted molar refractivity (Wildman–Crippen MR) is 103 cm³/mol. The van der Waals surface area contributed by atoms with Gasteiger partial charge < -0.3 is 14.2 Å². The van der Waals surface area contributed by atoms with Crippen molar-refractivity contribution in [3.8, 4) is 11.5 Å². The summed E-state index contributed by atoms with van der Waals surface area (Å²) < 4.78 is 43.7. The van der Waals surface area contributed by atoms with Crippen LogP contribution in [0.25, 0.3) is 0 Å². The van der Waals surface area contributed by atoms with E-state index in [1.165, 1.54) is 11.4 Å². The van der Waals surface area contributed by atoms with Gasteiger partial charge in [-0.05, 0) is 37.1 Å². The number of piperidine rings is 1. The van der Waals surface area contributed by atoms with E-state index in [9.17, 15) is 8.42 Å². The molecule has 0 saturated carbocycles. The second-order valence-electron chi connectivity index (χ2n) is 6.31. The van der Waals surface area contributed by atoms with Crippen LogP contribution < -0.4 is 9.47 Å². The third kappa shape index (κ3) is 5.22. The molecule has 0 spiro atoms. The second kappa shape index (κ2) is 9.21. The van der Waals surface area contributed by atoms with Crippen LogP contribution in [0.4, 0.5) is 0 Å². The summed E-state index contributed by atoms with van der Waals surface area (Å²) in [6.07, 6.45) is 1.41. The Labute approximate surface area is 160 Å². The molecule has 1 fully saturated rings. The summed E-state index contributed by atoms with van der Waals surface area (Å²) in [5.41, 5.74) is 0. The number of sulfonamides is 1. The number of hydrogen-bond acceptors (Lipinski definition) is 5. The van der Waals surface area contributed by atoms with Crippen LogP contribution in [0.15, 0.2) is 59.5 Å². The van der Waals surface area contributed by atoms with Crippen molar-refractivity contribution < 1.29 is 22.6 Å². The molecule has 146 valence electrons. The molecular formula is C20H25NO5S. The first kappa shape index (κ1) is 19.7. The molecule has 0 radical (unpaired) electrons. The highest BCUT2D eigenvalue weighted by atomic mass is 32.2. The van der Waals surface area contributed by atoms with Gasteiger partial charge in [-0.1, -0.05) is 24.3 Å². The first-order valence-corrected chi connectivity index (χ1v) is 10.5. The van der Waals surface area contributed by atoms with E-state index in [-0.39, 0.29) is 11.0 Å². The van der Waals surface area contributed by atoms with Crippen LogP contribution in [0.1, 0.15) is 12.8 Å². The Balaban J connectivity index is 1.45. The van der Waals surface area contributed by atoms with E-state index >= 15 is 0 Å². The van der Waals surface area contributed by atoms with Crippen molar-refractivity contribution >= 4 is 10.0 Å². The van der Waals surface area contributed by atoms with E-state index in [4.69, 9.17) is 14.2 Å². The van der Waals surface area contributed by atoms with Gasteiger partial charge in [0.2, 0.25) is 10.0 Å². The molecule has 2 aromatic carbocycles. The van der Waals surface area contributed by atoms with E-state index < -0.39 is 10.0 Å². The first-order chi connectivity index (χ1) is 13.1. The van der Waals surface area contributed by atoms with Gasteiger partial charge in [-0.3, -0.25) is 0 Å². The third-order valence-electron chi connectivity index (χ3n) is 4.53. The van der Waals surface area contributed by atoms with Gasteiger partial charge >= 0.3 is 0 Å². The van der Waals surface area contributed by atoms with E-state index in [2.05, 4.69) is 0 Å². The molecule has 0 amide bonds. The fraction of sp³-hybridized carbons (Fsp3) is 0.400. The smallest absolute Gasteiger partial charge is 0.243 e. The van der Waals surface area contributed by atoms with Crippen molar-refractivity contribution in [3.63, 3.8) is 0 Å². The number of para-hydroxylation sites is 1. The Hall–Kier alpha value is -2.09. The number of benzene rings is 2. The lowest BCUT2D eigenvalue weighted by Gasteiger charge is -2.31. The van der Waals surface area contributed by atoms with Gasteiger partial charge in [0.15, 0.2) is 0 Å². The van der Waals surface area contributed by atoms with Crippen molar-refractivity contribution in [3.05, 3.63) is 54.6 Å². The molecule has 7 heteroatoms. The lowest BCUT2D eigenvalue weighted by molar-refractivity contribution is 0.00700. The molecule has 0 aromatic heterocycles. The van der Waals surface area contributed by atoms with Gasteiger partial charge in [0, 0.05) is 19.2 Å². The molecule has 0 N–H and O–H groups in total. The minimum atomic E-state index is -3.51. The second-order valence-corrected chi connectivity index (χ2v) is 8.25. The summed E-state index contributed by atoms with van der Waals surface area (Å²) in [4.78, 5) is 0.262. The lowest BCUT2D eigenvalue weighted by atomic mass is 10.1. The fourth-order valence-corrected chi connectivity index (χ4v) is 4.55. The maximum Gasteiger partial charge on any atom is 0.243 e. The molecule has 2 aromatic rings. The minimum Gasteiger partial charge on any atom is -0.497 e. The number of ether oxygens (including phenoxy) is 3. The SMILES string of the molecule is COc1cccc(S(=O)(=O)N2CCC(OCCOc3ccccc3)CC2)c1. The maximum atomic E-state index is 12.8. The zero-order chi connectivity index (χ0) is 19.1. The van der Waals surface area contributed by atoms with Crippen LogP contribution in [0.2, 0.25) is 0 Å². The highest BCUT2D eigenvalue weighted by Gasteiger charge is 2.29. The summed E-state index contributed by atoms with van der Waals surface area (Å²) >= 11 is 0. The number of nitrogens with zero attached hydrogens (tertiary/aromatic N) is 1. The van der Waals surface area contributed by atoms with Crippen molar-refractivity contribution in [2.45, 2.75) is 23.8 Å². The van der Waals surface area contributed by atoms with Crippen LogP contribution in [0, 0.1) is 0 Å². The van der Waals surface area contributed by atoms with Gasteiger partial charge in [-0.2, -0.15) is 4.31 Å². The minimum absolute atomic E-state index is 0.0566. The standard InChI is InChI=1S/C20H25NO5S/c1-24-19-8-5-9-20(16-19)27(22,23)21-12-10-18(11-13-21)26-15-14-25-17-6-3-2-4-7-17/h2-9,16,18H,10-15H2,1H3. The average molecular weight is 391 g/mol. The predicted octanol–water partition coefficient (Wildman–Crippen LogP) is 2.94. The third-order valence-corrected chi connectivity index (χ3v) is 6.42. The molecule has 6 nitrogen and oxygen atoms in total. The van der Waals surface area contributed by atoms with E-state index in [1.54, 1.807) is 24.3 Å². The van der Waals surface area contributed by atoms with Crippen molar-refractivity contribution in [1.82, 2.24) is 4.31 Å². The molecule has 1 aliphatic heterocycles. The molecule has 0 aliphatic carbocycles. The Morgan fingerprint density at radius 3 is 2.37 bits per heavy atom. The summed E-state index contributed by atoms with van der Waals surface area (Å²) in [7, 11) is -1.98. The Morgan fingerprint density at radius 2 is 1.67 bits per heavy atom. The van der Waals surface area contributed by atoms with Gasteiger partial charge in [-0.15, -0.1) is 0 Å². The van der Waals surface area contributed by atoms with Gasteiger partial charge in [-0.25, -0.2) is 8.42 Å². The van der Waals surface area contributed by atoms with Gasteiger partial charge in [0.1, 0.15) is 18.1 Å². The summed E-state index contributed by atoms with van der Waals surface area (Å²) in [5, 5.41) is 0. The van der Waals surface area contributed by atoms with Crippen LogP contribution in [-0.4, -0.2) is 52.2 Å². The van der Waals surface area contributed by atoms with E-state index in [1.807, 2.05) is 30.3 Å². The van der Waals surface area contributed by atoms with Crippen LogP contribution in [-0.2, 0) is 14.8 Å². The maximum absolute atomic E-state index is 12.8. The Morgan fingerprint density at radius 1 is 0.963 bits per heavy atom. The van der Waals surface area contributed by atoms with Crippen LogP contribution in [0.3, 0.4) is 0 Å². The molecule has 27 heavy (non-hydrogen) atoms. The number of rotatable bonds is 8. The zero-order valence-electron chi connectivity index (χ0n) is 15.4. The van der Waals surface area contributed by atoms with Crippen LogP contribution in [0.5, 0.6) is 11.5 Å². The highest BCUT2D eigenvalue weighted by molar-refractivity contribution is 7.89. The Kier molecular flexibility index (Phi) is 6.71. The summed E-state index contributed by atoms with van der Waals surface area (Å²) in [6.45, 7) is 1.86. The van der Waals surface area contributed by atoms with E-state index in [0.29, 0.717) is 44.9 Å². The monoisotopic (exact) mass is 391 g/mol. The van der Waals surface area contributed by atoms with Crippen molar-refractivity contribution in [2.75, 3.05) is 33.4 Å². The lowest BCUT2D eigenvalue weighted by Crippen LogP contribution is -2.41. The number of hydrogen-bond donors (Lipinski definition) is 0. The summed E-state index contributed by atoms with van der Waals surface area (Å²) in [6, 6.07) is 16.2. The quantitative estimate of drug-likeness (QED) is 0.648. The topological polar surface area (TPSA) is 65.1 Å². The van der Waals surface area contributed by atoms with Gasteiger partial charge in [0.25, 0.3) is 0 Å². The molecule has 3 rings (SSSR count). The molecular weight excluding hydrogens is 366 g/mol. The van der Waals surface area contributed by atoms with E-state index in [0.717, 1.165) is 5.75 Å². The fourth-order valence-electron chi connectivity index (χ4n) is 3.04. The average Bonchev–Trinajstić information content (AvgIpc) is 2.72. The van der Waals surface area contributed by atoms with Crippen molar-refractivity contribution in [1.29, 1.82) is 0 Å². The van der Waals surface area contributed by atoms with Crippen LogP contribution >= 0.6 is 0 Å². The molecule has 0 atom stereocenters. The molecule has 0 unspecified atom stereocenters. The van der Waals surface area contributed by atoms with Gasteiger partial charge in [0.05, 0.1) is 24.7 Å². The molecule has 1 heterocycles. The molecule has 1 saturated heterocycles. The normalized spacial score (nSPS) is 16.2. The highest BCUT2D eigenvalue weighted by Crippen LogP contribution is 2.24. The zero-order valence-corrected chi connectivity index (χ0v) is 16.2. The largest absolute Gasteiger partial charge is 0.497 e. The molecule has 1 aliphatic rings. The Bertz CT molecular complexity index is 817. The van der Waals surface area contributed by atoms with Crippen molar-refractivity contribution in [2.24, 2.45) is 0 Å². The number of methoxy groups -OCH3 is 1. The first-order valence-electron chi connectivity index (χ1n) is 9.03. The molecule has 0 bridgehead atoms.